The Bertz CT molecular complexity index is 762. The molecule has 2 rings (SSSR count). The number of nitrogens with zero attached hydrogens (tertiary/aromatic N) is 1. The standard InChI is InChI=1S/C19H25N3O4/c1-23-15-6-8-16(24-2)13(11-15)9-10-21-19(20)22-14-5-7-17(25-3)18(12-14)26-4/h5-8,11-12H,9-10H2,1-4H3,(H3,20,21,22). The smallest absolute Gasteiger partial charge is 0.193 e. The van der Waals surface area contributed by atoms with Gasteiger partial charge in [0.2, 0.25) is 0 Å². The van der Waals surface area contributed by atoms with Gasteiger partial charge in [-0.15, -0.1) is 0 Å². The molecule has 0 saturated heterocycles. The number of hydrogen-bond acceptors (Lipinski definition) is 5. The molecule has 0 atom stereocenters. The zero-order chi connectivity index (χ0) is 18.9. The molecule has 0 amide bonds. The van der Waals surface area contributed by atoms with Gasteiger partial charge in [0.15, 0.2) is 17.5 Å². The number of nitrogens with two attached hydrogens (primary N) is 1. The highest BCUT2D eigenvalue weighted by molar-refractivity contribution is 5.92. The van der Waals surface area contributed by atoms with Crippen LogP contribution < -0.4 is 30.0 Å². The van der Waals surface area contributed by atoms with Crippen molar-refractivity contribution < 1.29 is 18.9 Å². The SMILES string of the molecule is COc1ccc(OC)c(CCN=C(N)Nc2ccc(OC)c(OC)c2)c1. The van der Waals surface area contributed by atoms with Crippen LogP contribution in [0.25, 0.3) is 0 Å². The highest BCUT2D eigenvalue weighted by Crippen LogP contribution is 2.29. The molecule has 0 spiro atoms. The normalized spacial score (nSPS) is 11.0. The average molecular weight is 359 g/mol. The van der Waals surface area contributed by atoms with Gasteiger partial charge in [-0.3, -0.25) is 4.99 Å². The molecule has 0 aliphatic rings. The van der Waals surface area contributed by atoms with Gasteiger partial charge in [0.05, 0.1) is 28.4 Å². The van der Waals surface area contributed by atoms with Crippen LogP contribution in [0.5, 0.6) is 23.0 Å². The number of methoxy groups -OCH3 is 4. The topological polar surface area (TPSA) is 87.3 Å². The van der Waals surface area contributed by atoms with Crippen LogP contribution in [0.1, 0.15) is 5.56 Å². The molecular weight excluding hydrogens is 334 g/mol. The predicted octanol–water partition coefficient (Wildman–Crippen LogP) is 2.69. The van der Waals surface area contributed by atoms with Crippen molar-refractivity contribution in [3.63, 3.8) is 0 Å². The Kier molecular flexibility index (Phi) is 6.96. The monoisotopic (exact) mass is 359 g/mol. The third-order valence-electron chi connectivity index (χ3n) is 3.81. The minimum absolute atomic E-state index is 0.319. The van der Waals surface area contributed by atoms with E-state index in [-0.39, 0.29) is 0 Å². The van der Waals surface area contributed by atoms with E-state index in [9.17, 15) is 0 Å². The summed E-state index contributed by atoms with van der Waals surface area (Å²) in [6.45, 7) is 0.510. The first-order chi connectivity index (χ1) is 12.6. The summed E-state index contributed by atoms with van der Waals surface area (Å²) in [5.41, 5.74) is 7.74. The van der Waals surface area contributed by atoms with Crippen molar-refractivity contribution in [2.45, 2.75) is 6.42 Å². The third kappa shape index (κ3) is 4.95. The second kappa shape index (κ2) is 9.41. The van der Waals surface area contributed by atoms with Gasteiger partial charge in [0.25, 0.3) is 0 Å². The lowest BCUT2D eigenvalue weighted by Crippen LogP contribution is -2.23. The summed E-state index contributed by atoms with van der Waals surface area (Å²) in [6, 6.07) is 11.1. The minimum Gasteiger partial charge on any atom is -0.497 e. The molecule has 3 N–H and O–H groups in total. The molecule has 0 radical (unpaired) electrons. The van der Waals surface area contributed by atoms with Crippen molar-refractivity contribution in [1.29, 1.82) is 0 Å². The predicted molar refractivity (Wildman–Crippen MR) is 103 cm³/mol. The number of ether oxygens (including phenoxy) is 4. The number of anilines is 1. The second-order valence-corrected chi connectivity index (χ2v) is 5.39. The van der Waals surface area contributed by atoms with Crippen molar-refractivity contribution in [3.8, 4) is 23.0 Å². The van der Waals surface area contributed by atoms with Crippen LogP contribution in [0, 0.1) is 0 Å². The molecule has 140 valence electrons. The molecule has 7 nitrogen and oxygen atoms in total. The van der Waals surface area contributed by atoms with E-state index in [1.165, 1.54) is 0 Å². The van der Waals surface area contributed by atoms with E-state index in [4.69, 9.17) is 24.7 Å². The fourth-order valence-corrected chi connectivity index (χ4v) is 2.48. The first-order valence-electron chi connectivity index (χ1n) is 8.11. The number of hydrogen-bond donors (Lipinski definition) is 2. The largest absolute Gasteiger partial charge is 0.497 e. The summed E-state index contributed by atoms with van der Waals surface area (Å²) >= 11 is 0. The molecule has 2 aromatic carbocycles. The Hall–Kier alpha value is -3.09. The second-order valence-electron chi connectivity index (χ2n) is 5.39. The van der Waals surface area contributed by atoms with Crippen LogP contribution in [0.4, 0.5) is 5.69 Å². The van der Waals surface area contributed by atoms with Gasteiger partial charge < -0.3 is 30.0 Å². The van der Waals surface area contributed by atoms with E-state index in [1.54, 1.807) is 40.6 Å². The summed E-state index contributed by atoms with van der Waals surface area (Å²) < 4.78 is 21.1. The highest BCUT2D eigenvalue weighted by atomic mass is 16.5. The minimum atomic E-state index is 0.319. The lowest BCUT2D eigenvalue weighted by molar-refractivity contribution is 0.355. The van der Waals surface area contributed by atoms with Crippen LogP contribution in [-0.2, 0) is 6.42 Å². The number of rotatable bonds is 8. The van der Waals surface area contributed by atoms with Gasteiger partial charge in [-0.05, 0) is 42.3 Å². The molecule has 0 saturated carbocycles. The van der Waals surface area contributed by atoms with Crippen molar-refractivity contribution in [2.75, 3.05) is 40.3 Å². The molecule has 0 unspecified atom stereocenters. The number of benzene rings is 2. The summed E-state index contributed by atoms with van der Waals surface area (Å²) in [5, 5.41) is 3.04. The molecule has 7 heteroatoms. The van der Waals surface area contributed by atoms with Crippen molar-refractivity contribution in [2.24, 2.45) is 10.7 Å². The fraction of sp³-hybridized carbons (Fsp3) is 0.316. The molecular formula is C19H25N3O4. The quantitative estimate of drug-likeness (QED) is 0.557. The maximum atomic E-state index is 5.97. The Morgan fingerprint density at radius 1 is 0.885 bits per heavy atom. The van der Waals surface area contributed by atoms with Crippen LogP contribution in [0.3, 0.4) is 0 Å². The van der Waals surface area contributed by atoms with E-state index in [1.807, 2.05) is 24.3 Å². The van der Waals surface area contributed by atoms with Crippen LogP contribution in [0.2, 0.25) is 0 Å². The Morgan fingerprint density at radius 2 is 1.58 bits per heavy atom. The Balaban J connectivity index is 2.01. The van der Waals surface area contributed by atoms with Gasteiger partial charge in [0, 0.05) is 18.3 Å². The molecule has 0 bridgehead atoms. The van der Waals surface area contributed by atoms with E-state index in [0.717, 1.165) is 22.7 Å². The van der Waals surface area contributed by atoms with Crippen LogP contribution in [0.15, 0.2) is 41.4 Å². The molecule has 0 aliphatic heterocycles. The highest BCUT2D eigenvalue weighted by Gasteiger charge is 2.06. The summed E-state index contributed by atoms with van der Waals surface area (Å²) in [6.07, 6.45) is 0.675. The molecule has 0 heterocycles. The third-order valence-corrected chi connectivity index (χ3v) is 3.81. The lowest BCUT2D eigenvalue weighted by Gasteiger charge is -2.11. The maximum Gasteiger partial charge on any atom is 0.193 e. The molecule has 26 heavy (non-hydrogen) atoms. The number of aliphatic imine (C=N–C) groups is 1. The van der Waals surface area contributed by atoms with Gasteiger partial charge in [-0.1, -0.05) is 0 Å². The molecule has 0 aromatic heterocycles. The van der Waals surface area contributed by atoms with Gasteiger partial charge in [-0.2, -0.15) is 0 Å². The van der Waals surface area contributed by atoms with Crippen LogP contribution in [-0.4, -0.2) is 40.9 Å². The van der Waals surface area contributed by atoms with E-state index in [0.29, 0.717) is 30.4 Å². The van der Waals surface area contributed by atoms with E-state index >= 15 is 0 Å². The van der Waals surface area contributed by atoms with Gasteiger partial charge in [-0.25, -0.2) is 0 Å². The summed E-state index contributed by atoms with van der Waals surface area (Å²) in [5.74, 6) is 3.16. The van der Waals surface area contributed by atoms with E-state index in [2.05, 4.69) is 10.3 Å². The Labute approximate surface area is 153 Å². The number of nitrogens with one attached hydrogen (secondary N) is 1. The van der Waals surface area contributed by atoms with Crippen molar-refractivity contribution in [3.05, 3.63) is 42.0 Å². The van der Waals surface area contributed by atoms with Crippen molar-refractivity contribution >= 4 is 11.6 Å². The zero-order valence-corrected chi connectivity index (χ0v) is 15.5. The maximum absolute atomic E-state index is 5.97. The van der Waals surface area contributed by atoms with E-state index < -0.39 is 0 Å². The first-order valence-corrected chi connectivity index (χ1v) is 8.11. The van der Waals surface area contributed by atoms with Gasteiger partial charge >= 0.3 is 0 Å². The molecule has 0 fully saturated rings. The fourth-order valence-electron chi connectivity index (χ4n) is 2.48. The Morgan fingerprint density at radius 3 is 2.23 bits per heavy atom. The molecule has 0 aliphatic carbocycles. The average Bonchev–Trinajstić information content (AvgIpc) is 2.67. The first kappa shape index (κ1) is 19.2. The summed E-state index contributed by atoms with van der Waals surface area (Å²) in [4.78, 5) is 4.36. The molecule has 2 aromatic rings. The number of guanidine groups is 1. The van der Waals surface area contributed by atoms with Crippen molar-refractivity contribution in [1.82, 2.24) is 0 Å². The van der Waals surface area contributed by atoms with Crippen LogP contribution >= 0.6 is 0 Å². The van der Waals surface area contributed by atoms with Gasteiger partial charge in [0.1, 0.15) is 11.5 Å². The summed E-state index contributed by atoms with van der Waals surface area (Å²) in [7, 11) is 6.45. The zero-order valence-electron chi connectivity index (χ0n) is 15.5. The lowest BCUT2D eigenvalue weighted by atomic mass is 10.1.